The van der Waals surface area contributed by atoms with Crippen LogP contribution in [0.25, 0.3) is 0 Å². The predicted molar refractivity (Wildman–Crippen MR) is 44.8 cm³/mol. The number of carbonyl (C=O) groups is 3. The van der Waals surface area contributed by atoms with Gasteiger partial charge in [0.1, 0.15) is 5.78 Å². The summed E-state index contributed by atoms with van der Waals surface area (Å²) in [6.07, 6.45) is -0.123. The number of carbonyl (C=O) groups excluding carboxylic acids is 3. The summed E-state index contributed by atoms with van der Waals surface area (Å²) in [5.74, 6) is -0.683. The summed E-state index contributed by atoms with van der Waals surface area (Å²) >= 11 is 0.803. The Morgan fingerprint density at radius 2 is 1.92 bits per heavy atom. The highest BCUT2D eigenvalue weighted by molar-refractivity contribution is 8.14. The molecule has 0 atom stereocenters. The molecule has 0 aliphatic carbocycles. The highest BCUT2D eigenvalue weighted by atomic mass is 32.2. The first-order valence-electron chi connectivity index (χ1n) is 3.28. The smallest absolute Gasteiger partial charge is 0.316 e. The standard InChI is InChI=1S/C7H10O4S/c1-5(8)3-7(10)12-4-6(9)11-2/h3-4H2,1-2H3. The van der Waals surface area contributed by atoms with Crippen molar-refractivity contribution in [2.45, 2.75) is 13.3 Å². The summed E-state index contributed by atoms with van der Waals surface area (Å²) in [6, 6.07) is 0. The molecule has 0 amide bonds. The lowest BCUT2D eigenvalue weighted by Gasteiger charge is -1.96. The molecule has 0 saturated carbocycles. The molecule has 0 fully saturated rings. The zero-order chi connectivity index (χ0) is 9.56. The van der Waals surface area contributed by atoms with E-state index in [0.717, 1.165) is 11.8 Å². The third-order valence-corrected chi connectivity index (χ3v) is 1.82. The van der Waals surface area contributed by atoms with Crippen LogP contribution in [0.5, 0.6) is 0 Å². The van der Waals surface area contributed by atoms with E-state index < -0.39 is 5.97 Å². The van der Waals surface area contributed by atoms with Crippen LogP contribution in [0.2, 0.25) is 0 Å². The number of ether oxygens (including phenoxy) is 1. The molecule has 0 aliphatic rings. The lowest BCUT2D eigenvalue weighted by atomic mass is 10.3. The molecule has 0 rings (SSSR count). The Bertz CT molecular complexity index is 200. The van der Waals surface area contributed by atoms with Gasteiger partial charge in [0.05, 0.1) is 19.3 Å². The third-order valence-electron chi connectivity index (χ3n) is 0.972. The van der Waals surface area contributed by atoms with Crippen molar-refractivity contribution >= 4 is 28.6 Å². The van der Waals surface area contributed by atoms with E-state index in [1.807, 2.05) is 0 Å². The Labute approximate surface area is 74.7 Å². The number of rotatable bonds is 4. The molecule has 0 aromatic rings. The van der Waals surface area contributed by atoms with E-state index in [0.29, 0.717) is 0 Å². The Morgan fingerprint density at radius 1 is 1.33 bits per heavy atom. The van der Waals surface area contributed by atoms with E-state index in [2.05, 4.69) is 4.74 Å². The maximum absolute atomic E-state index is 10.8. The molecule has 0 saturated heterocycles. The first kappa shape index (κ1) is 11.2. The minimum Gasteiger partial charge on any atom is -0.468 e. The summed E-state index contributed by atoms with van der Waals surface area (Å²) < 4.78 is 4.31. The second-order valence-corrected chi connectivity index (χ2v) is 3.15. The van der Waals surface area contributed by atoms with Crippen LogP contribution in [-0.2, 0) is 19.1 Å². The average molecular weight is 190 g/mol. The summed E-state index contributed by atoms with van der Waals surface area (Å²) in [5, 5.41) is -0.298. The molecule has 5 heteroatoms. The SMILES string of the molecule is COC(=O)CSC(=O)CC(C)=O. The van der Waals surface area contributed by atoms with Gasteiger partial charge < -0.3 is 4.74 Å². The molecule has 0 heterocycles. The van der Waals surface area contributed by atoms with Gasteiger partial charge >= 0.3 is 5.97 Å². The molecule has 68 valence electrons. The van der Waals surface area contributed by atoms with Crippen LogP contribution < -0.4 is 0 Å². The fourth-order valence-corrected chi connectivity index (χ4v) is 1.15. The quantitative estimate of drug-likeness (QED) is 0.474. The van der Waals surface area contributed by atoms with Gasteiger partial charge in [0.25, 0.3) is 0 Å². The van der Waals surface area contributed by atoms with Gasteiger partial charge in [-0.25, -0.2) is 0 Å². The Balaban J connectivity index is 3.57. The molecule has 0 bridgehead atoms. The fourth-order valence-electron chi connectivity index (χ4n) is 0.453. The molecule has 0 spiro atoms. The van der Waals surface area contributed by atoms with Crippen molar-refractivity contribution in [2.75, 3.05) is 12.9 Å². The molecule has 0 N–H and O–H groups in total. The van der Waals surface area contributed by atoms with E-state index in [4.69, 9.17) is 0 Å². The van der Waals surface area contributed by atoms with Crippen LogP contribution in [-0.4, -0.2) is 29.7 Å². The van der Waals surface area contributed by atoms with E-state index >= 15 is 0 Å². The van der Waals surface area contributed by atoms with Crippen molar-refractivity contribution in [2.24, 2.45) is 0 Å². The van der Waals surface area contributed by atoms with E-state index in [1.165, 1.54) is 14.0 Å². The fraction of sp³-hybridized carbons (Fsp3) is 0.571. The second-order valence-electron chi connectivity index (χ2n) is 2.12. The molecule has 4 nitrogen and oxygen atoms in total. The molecule has 0 aliphatic heterocycles. The first-order valence-corrected chi connectivity index (χ1v) is 4.26. The van der Waals surface area contributed by atoms with Gasteiger partial charge in [-0.3, -0.25) is 14.4 Å². The zero-order valence-electron chi connectivity index (χ0n) is 6.96. The van der Waals surface area contributed by atoms with Crippen molar-refractivity contribution in [3.05, 3.63) is 0 Å². The van der Waals surface area contributed by atoms with Gasteiger partial charge in [-0.15, -0.1) is 0 Å². The van der Waals surface area contributed by atoms with Crippen molar-refractivity contribution in [3.8, 4) is 0 Å². The number of hydrogen-bond acceptors (Lipinski definition) is 5. The number of hydrogen-bond donors (Lipinski definition) is 0. The Morgan fingerprint density at radius 3 is 2.33 bits per heavy atom. The van der Waals surface area contributed by atoms with Gasteiger partial charge in [0, 0.05) is 0 Å². The topological polar surface area (TPSA) is 60.4 Å². The summed E-state index contributed by atoms with van der Waals surface area (Å²) in [4.78, 5) is 31.7. The molecule has 12 heavy (non-hydrogen) atoms. The van der Waals surface area contributed by atoms with E-state index in [-0.39, 0.29) is 23.1 Å². The third kappa shape index (κ3) is 5.91. The molecule has 0 radical (unpaired) electrons. The molecule has 0 unspecified atom stereocenters. The second kappa shape index (κ2) is 5.77. The Hall–Kier alpha value is -0.840. The van der Waals surface area contributed by atoms with E-state index in [9.17, 15) is 14.4 Å². The number of Topliss-reactive ketones (excluding diaryl/α,β-unsaturated/α-hetero) is 1. The van der Waals surface area contributed by atoms with Crippen LogP contribution in [0.4, 0.5) is 0 Å². The zero-order valence-corrected chi connectivity index (χ0v) is 7.77. The van der Waals surface area contributed by atoms with Gasteiger partial charge in [0.15, 0.2) is 5.12 Å². The lowest BCUT2D eigenvalue weighted by Crippen LogP contribution is -2.07. The van der Waals surface area contributed by atoms with Crippen LogP contribution in [0.15, 0.2) is 0 Å². The average Bonchev–Trinajstić information content (AvgIpc) is 1.99. The minimum absolute atomic E-state index is 0.0252. The molecule has 0 aromatic heterocycles. The molecule has 0 aromatic carbocycles. The largest absolute Gasteiger partial charge is 0.468 e. The van der Waals surface area contributed by atoms with Gasteiger partial charge in [-0.05, 0) is 6.92 Å². The van der Waals surface area contributed by atoms with Crippen LogP contribution in [0, 0.1) is 0 Å². The Kier molecular flexibility index (Phi) is 5.36. The molecular weight excluding hydrogens is 180 g/mol. The van der Waals surface area contributed by atoms with Crippen molar-refractivity contribution in [1.29, 1.82) is 0 Å². The molecular formula is C7H10O4S. The normalized spacial score (nSPS) is 9.17. The van der Waals surface area contributed by atoms with Crippen LogP contribution in [0.3, 0.4) is 0 Å². The van der Waals surface area contributed by atoms with Crippen LogP contribution >= 0.6 is 11.8 Å². The first-order chi connectivity index (χ1) is 5.56. The van der Waals surface area contributed by atoms with Gasteiger partial charge in [-0.1, -0.05) is 11.8 Å². The number of thioether (sulfide) groups is 1. The highest BCUT2D eigenvalue weighted by Crippen LogP contribution is 2.05. The summed E-state index contributed by atoms with van der Waals surface area (Å²) in [7, 11) is 1.25. The lowest BCUT2D eigenvalue weighted by molar-refractivity contribution is -0.137. The number of ketones is 1. The minimum atomic E-state index is -0.461. The highest BCUT2D eigenvalue weighted by Gasteiger charge is 2.09. The summed E-state index contributed by atoms with van der Waals surface area (Å²) in [6.45, 7) is 1.33. The van der Waals surface area contributed by atoms with E-state index in [1.54, 1.807) is 0 Å². The predicted octanol–water partition coefficient (Wildman–Crippen LogP) is 0.398. The number of esters is 1. The van der Waals surface area contributed by atoms with Gasteiger partial charge in [-0.2, -0.15) is 0 Å². The maximum atomic E-state index is 10.8. The van der Waals surface area contributed by atoms with Gasteiger partial charge in [0.2, 0.25) is 0 Å². The van der Waals surface area contributed by atoms with Crippen LogP contribution in [0.1, 0.15) is 13.3 Å². The van der Waals surface area contributed by atoms with Crippen molar-refractivity contribution in [1.82, 2.24) is 0 Å². The maximum Gasteiger partial charge on any atom is 0.316 e. The number of methoxy groups -OCH3 is 1. The monoisotopic (exact) mass is 190 g/mol. The summed E-state index contributed by atoms with van der Waals surface area (Å²) in [5.41, 5.74) is 0. The van der Waals surface area contributed by atoms with Crippen molar-refractivity contribution in [3.63, 3.8) is 0 Å². The van der Waals surface area contributed by atoms with Crippen molar-refractivity contribution < 1.29 is 19.1 Å².